The second-order valence-corrected chi connectivity index (χ2v) is 7.91. The molecule has 0 amide bonds. The minimum atomic E-state index is 0.924. The molecule has 2 aliphatic rings. The molecule has 2 fully saturated rings. The van der Waals surface area contributed by atoms with E-state index >= 15 is 0 Å². The highest BCUT2D eigenvalue weighted by molar-refractivity contribution is 5.92. The average molecular weight is 338 g/mol. The van der Waals surface area contributed by atoms with Gasteiger partial charge in [0, 0.05) is 24.7 Å². The van der Waals surface area contributed by atoms with Crippen LogP contribution in [0.15, 0.2) is 36.5 Å². The summed E-state index contributed by atoms with van der Waals surface area (Å²) in [5.74, 6) is 3.10. The Kier molecular flexibility index (Phi) is 5.51. The zero-order chi connectivity index (χ0) is 16.9. The van der Waals surface area contributed by atoms with Crippen LogP contribution in [0.2, 0.25) is 0 Å². The van der Waals surface area contributed by atoms with E-state index in [1.807, 2.05) is 6.20 Å². The van der Waals surface area contributed by atoms with Gasteiger partial charge in [-0.05, 0) is 62.1 Å². The standard InChI is InChI=1S/C22H31N3/c1-2-7-21-20(6-1)10-15-24-22(21)25-16-11-19(12-17-25)5-3-4-18-8-13-23-14-9-18/h1-2,6-7,10,15,18-19,23H,3-5,8-9,11-14,16-17H2. The Balaban J connectivity index is 1.28. The third-order valence-corrected chi connectivity index (χ3v) is 6.25. The number of nitrogens with zero attached hydrogens (tertiary/aromatic N) is 2. The molecule has 2 aliphatic heterocycles. The number of fused-ring (bicyclic) bond motifs is 1. The van der Waals surface area contributed by atoms with E-state index in [0.29, 0.717) is 0 Å². The maximum atomic E-state index is 4.70. The van der Waals surface area contributed by atoms with E-state index in [-0.39, 0.29) is 0 Å². The van der Waals surface area contributed by atoms with Crippen LogP contribution in [0, 0.1) is 11.8 Å². The molecule has 0 spiro atoms. The van der Waals surface area contributed by atoms with Crippen LogP contribution in [-0.2, 0) is 0 Å². The molecule has 4 rings (SSSR count). The van der Waals surface area contributed by atoms with E-state index in [2.05, 4.69) is 40.5 Å². The zero-order valence-electron chi connectivity index (χ0n) is 15.3. The topological polar surface area (TPSA) is 28.2 Å². The van der Waals surface area contributed by atoms with Crippen molar-refractivity contribution in [1.29, 1.82) is 0 Å². The summed E-state index contributed by atoms with van der Waals surface area (Å²) in [6.07, 6.45) is 11.7. The highest BCUT2D eigenvalue weighted by Gasteiger charge is 2.21. The van der Waals surface area contributed by atoms with E-state index in [1.165, 1.54) is 87.7 Å². The number of piperidine rings is 2. The van der Waals surface area contributed by atoms with Crippen molar-refractivity contribution in [2.75, 3.05) is 31.1 Å². The van der Waals surface area contributed by atoms with Gasteiger partial charge in [-0.25, -0.2) is 4.98 Å². The Morgan fingerprint density at radius 3 is 2.44 bits per heavy atom. The first-order chi connectivity index (χ1) is 12.4. The molecule has 0 unspecified atom stereocenters. The van der Waals surface area contributed by atoms with Crippen molar-refractivity contribution in [3.63, 3.8) is 0 Å². The van der Waals surface area contributed by atoms with Crippen LogP contribution in [0.5, 0.6) is 0 Å². The molecule has 3 nitrogen and oxygen atoms in total. The number of rotatable bonds is 5. The molecule has 0 bridgehead atoms. The number of hydrogen-bond donors (Lipinski definition) is 1. The maximum Gasteiger partial charge on any atom is 0.136 e. The summed E-state index contributed by atoms with van der Waals surface area (Å²) in [4.78, 5) is 7.20. The minimum absolute atomic E-state index is 0.924. The van der Waals surface area contributed by atoms with Crippen molar-refractivity contribution in [3.8, 4) is 0 Å². The van der Waals surface area contributed by atoms with Crippen LogP contribution in [0.1, 0.15) is 44.9 Å². The zero-order valence-corrected chi connectivity index (χ0v) is 15.3. The lowest BCUT2D eigenvalue weighted by Gasteiger charge is -2.33. The van der Waals surface area contributed by atoms with Crippen LogP contribution in [0.3, 0.4) is 0 Å². The lowest BCUT2D eigenvalue weighted by Crippen LogP contribution is -2.34. The van der Waals surface area contributed by atoms with Crippen LogP contribution in [-0.4, -0.2) is 31.2 Å². The smallest absolute Gasteiger partial charge is 0.136 e. The van der Waals surface area contributed by atoms with Gasteiger partial charge in [0.25, 0.3) is 0 Å². The fourth-order valence-corrected chi connectivity index (χ4v) is 4.65. The first-order valence-electron chi connectivity index (χ1n) is 10.2. The molecule has 3 heterocycles. The molecule has 3 heteroatoms. The van der Waals surface area contributed by atoms with Gasteiger partial charge in [0.2, 0.25) is 0 Å². The number of nitrogens with one attached hydrogen (secondary N) is 1. The lowest BCUT2D eigenvalue weighted by molar-refractivity contribution is 0.313. The van der Waals surface area contributed by atoms with Gasteiger partial charge in [-0.3, -0.25) is 0 Å². The number of anilines is 1. The lowest BCUT2D eigenvalue weighted by atomic mass is 9.87. The summed E-state index contributed by atoms with van der Waals surface area (Å²) in [6.45, 7) is 4.81. The average Bonchev–Trinajstić information content (AvgIpc) is 2.69. The van der Waals surface area contributed by atoms with Crippen LogP contribution >= 0.6 is 0 Å². The first-order valence-corrected chi connectivity index (χ1v) is 10.2. The van der Waals surface area contributed by atoms with E-state index < -0.39 is 0 Å². The Morgan fingerprint density at radius 2 is 1.64 bits per heavy atom. The molecule has 0 saturated carbocycles. The summed E-state index contributed by atoms with van der Waals surface area (Å²) in [5.41, 5.74) is 0. The number of hydrogen-bond acceptors (Lipinski definition) is 3. The minimum Gasteiger partial charge on any atom is -0.356 e. The first kappa shape index (κ1) is 16.8. The molecular formula is C22H31N3. The van der Waals surface area contributed by atoms with Gasteiger partial charge in [0.15, 0.2) is 0 Å². The predicted molar refractivity (Wildman–Crippen MR) is 106 cm³/mol. The van der Waals surface area contributed by atoms with Crippen LogP contribution in [0.4, 0.5) is 5.82 Å². The summed E-state index contributed by atoms with van der Waals surface area (Å²) < 4.78 is 0. The normalized spacial score (nSPS) is 20.2. The van der Waals surface area contributed by atoms with E-state index in [0.717, 1.165) is 11.8 Å². The van der Waals surface area contributed by atoms with Gasteiger partial charge in [0.05, 0.1) is 0 Å². The van der Waals surface area contributed by atoms with E-state index in [4.69, 9.17) is 4.98 Å². The van der Waals surface area contributed by atoms with Crippen LogP contribution in [0.25, 0.3) is 10.8 Å². The Hall–Kier alpha value is -1.61. The molecule has 0 radical (unpaired) electrons. The van der Waals surface area contributed by atoms with Crippen molar-refractivity contribution >= 4 is 16.6 Å². The molecule has 1 aromatic heterocycles. The molecular weight excluding hydrogens is 306 g/mol. The van der Waals surface area contributed by atoms with Gasteiger partial charge in [-0.2, -0.15) is 0 Å². The molecule has 2 aromatic rings. The highest BCUT2D eigenvalue weighted by Crippen LogP contribution is 2.30. The van der Waals surface area contributed by atoms with Crippen molar-refractivity contribution in [2.24, 2.45) is 11.8 Å². The van der Waals surface area contributed by atoms with Gasteiger partial charge in [-0.15, -0.1) is 0 Å². The molecule has 1 N–H and O–H groups in total. The Bertz CT molecular complexity index is 665. The number of benzene rings is 1. The predicted octanol–water partition coefficient (Wildman–Crippen LogP) is 4.62. The third-order valence-electron chi connectivity index (χ3n) is 6.25. The van der Waals surface area contributed by atoms with Crippen LogP contribution < -0.4 is 10.2 Å². The second kappa shape index (κ2) is 8.18. The molecule has 0 atom stereocenters. The van der Waals surface area contributed by atoms with Gasteiger partial charge >= 0.3 is 0 Å². The largest absolute Gasteiger partial charge is 0.356 e. The molecule has 1 aromatic carbocycles. The van der Waals surface area contributed by atoms with Gasteiger partial charge in [0.1, 0.15) is 5.82 Å². The van der Waals surface area contributed by atoms with Crippen molar-refractivity contribution in [3.05, 3.63) is 36.5 Å². The van der Waals surface area contributed by atoms with Crippen molar-refractivity contribution < 1.29 is 0 Å². The quantitative estimate of drug-likeness (QED) is 0.863. The number of aromatic nitrogens is 1. The third kappa shape index (κ3) is 4.14. The van der Waals surface area contributed by atoms with Gasteiger partial charge in [-0.1, -0.05) is 43.5 Å². The molecule has 0 aliphatic carbocycles. The van der Waals surface area contributed by atoms with Gasteiger partial charge < -0.3 is 10.2 Å². The summed E-state index contributed by atoms with van der Waals surface area (Å²) in [5, 5.41) is 6.08. The second-order valence-electron chi connectivity index (χ2n) is 7.91. The Labute approximate surface area is 151 Å². The summed E-state index contributed by atoms with van der Waals surface area (Å²) in [6, 6.07) is 10.8. The Morgan fingerprint density at radius 1 is 0.920 bits per heavy atom. The highest BCUT2D eigenvalue weighted by atomic mass is 15.2. The molecule has 25 heavy (non-hydrogen) atoms. The number of pyridine rings is 1. The summed E-state index contributed by atoms with van der Waals surface area (Å²) in [7, 11) is 0. The van der Waals surface area contributed by atoms with Crippen molar-refractivity contribution in [1.82, 2.24) is 10.3 Å². The maximum absolute atomic E-state index is 4.70. The van der Waals surface area contributed by atoms with Crippen molar-refractivity contribution in [2.45, 2.75) is 44.9 Å². The van der Waals surface area contributed by atoms with E-state index in [9.17, 15) is 0 Å². The fraction of sp³-hybridized carbons (Fsp3) is 0.591. The molecule has 134 valence electrons. The molecule has 2 saturated heterocycles. The fourth-order valence-electron chi connectivity index (χ4n) is 4.65. The SMILES string of the molecule is c1ccc2c(N3CCC(CCCC4CCNCC4)CC3)nccc2c1. The summed E-state index contributed by atoms with van der Waals surface area (Å²) >= 11 is 0. The monoisotopic (exact) mass is 337 g/mol. The van der Waals surface area contributed by atoms with E-state index in [1.54, 1.807) is 0 Å².